The normalized spacial score (nSPS) is 15.2. The molecule has 1 saturated heterocycles. The van der Waals surface area contributed by atoms with Crippen molar-refractivity contribution < 1.29 is 0 Å². The smallest absolute Gasteiger partial charge is 0.253 e. The highest BCUT2D eigenvalue weighted by Gasteiger charge is 2.33. The standard InChI is InChI=1S/C30H31N7O/c1-21-17-22(2)25-19-26(30(38)31-27(25)18-21)28(29-32-33-34-37(29)20-23-9-5-3-6-10-23)36-15-13-35(14-16-36)24-11-7-4-8-12-24/h3-12,17-19,28H,13-16,20H2,1-2H3,(H,31,38). The van der Waals surface area contributed by atoms with E-state index >= 15 is 0 Å². The number of tetrazole rings is 1. The minimum absolute atomic E-state index is 0.104. The van der Waals surface area contributed by atoms with Gasteiger partial charge in [0.25, 0.3) is 5.56 Å². The SMILES string of the molecule is Cc1cc(C)c2cc(C(c3nnnn3Cc3ccccc3)N3CCN(c4ccccc4)CC3)c(=O)[nH]c2c1. The Bertz CT molecular complexity index is 1600. The third-order valence-corrected chi connectivity index (χ3v) is 7.42. The summed E-state index contributed by atoms with van der Waals surface area (Å²) in [5.74, 6) is 0.677. The highest BCUT2D eigenvalue weighted by Crippen LogP contribution is 2.30. The van der Waals surface area contributed by atoms with Crippen molar-refractivity contribution in [3.05, 3.63) is 117 Å². The van der Waals surface area contributed by atoms with Crippen LogP contribution in [0.25, 0.3) is 10.9 Å². The van der Waals surface area contributed by atoms with Crippen LogP contribution < -0.4 is 10.5 Å². The van der Waals surface area contributed by atoms with E-state index in [4.69, 9.17) is 0 Å². The van der Waals surface area contributed by atoms with Gasteiger partial charge in [-0.3, -0.25) is 9.69 Å². The first-order valence-electron chi connectivity index (χ1n) is 13.0. The largest absolute Gasteiger partial charge is 0.369 e. The van der Waals surface area contributed by atoms with E-state index in [0.29, 0.717) is 17.9 Å². The summed E-state index contributed by atoms with van der Waals surface area (Å²) in [7, 11) is 0. The lowest BCUT2D eigenvalue weighted by Gasteiger charge is -2.39. The van der Waals surface area contributed by atoms with Gasteiger partial charge in [0.1, 0.15) is 6.04 Å². The fraction of sp³-hybridized carbons (Fsp3) is 0.267. The van der Waals surface area contributed by atoms with E-state index in [9.17, 15) is 4.79 Å². The maximum Gasteiger partial charge on any atom is 0.253 e. The van der Waals surface area contributed by atoms with E-state index < -0.39 is 0 Å². The number of rotatable bonds is 6. The number of benzene rings is 3. The predicted octanol–water partition coefficient (Wildman–Crippen LogP) is 4.09. The lowest BCUT2D eigenvalue weighted by atomic mass is 9.99. The van der Waals surface area contributed by atoms with Crippen LogP contribution in [0.5, 0.6) is 0 Å². The van der Waals surface area contributed by atoms with Crippen molar-refractivity contribution in [1.29, 1.82) is 0 Å². The second-order valence-electron chi connectivity index (χ2n) is 10.0. The van der Waals surface area contributed by atoms with E-state index in [1.807, 2.05) is 48.0 Å². The van der Waals surface area contributed by atoms with Gasteiger partial charge in [-0.2, -0.15) is 0 Å². The van der Waals surface area contributed by atoms with E-state index in [-0.39, 0.29) is 11.6 Å². The Morgan fingerprint density at radius 2 is 1.61 bits per heavy atom. The molecule has 0 saturated carbocycles. The van der Waals surface area contributed by atoms with Gasteiger partial charge in [-0.15, -0.1) is 5.10 Å². The Kier molecular flexibility index (Phi) is 6.47. The van der Waals surface area contributed by atoms with E-state index in [0.717, 1.165) is 53.8 Å². The van der Waals surface area contributed by atoms with Gasteiger partial charge in [-0.05, 0) is 65.2 Å². The fourth-order valence-electron chi connectivity index (χ4n) is 5.54. The summed E-state index contributed by atoms with van der Waals surface area (Å²) in [6, 6.07) is 26.5. The average Bonchev–Trinajstić information content (AvgIpc) is 3.38. The third-order valence-electron chi connectivity index (χ3n) is 7.42. The average molecular weight is 506 g/mol. The molecule has 1 N–H and O–H groups in total. The number of aromatic nitrogens is 5. The summed E-state index contributed by atoms with van der Waals surface area (Å²) in [5.41, 5.74) is 5.99. The minimum Gasteiger partial charge on any atom is -0.369 e. The molecule has 192 valence electrons. The molecule has 38 heavy (non-hydrogen) atoms. The Morgan fingerprint density at radius 1 is 0.895 bits per heavy atom. The van der Waals surface area contributed by atoms with Crippen LogP contribution in [-0.4, -0.2) is 56.3 Å². The fourth-order valence-corrected chi connectivity index (χ4v) is 5.54. The summed E-state index contributed by atoms with van der Waals surface area (Å²) in [4.78, 5) is 21.5. The zero-order chi connectivity index (χ0) is 26.1. The number of anilines is 1. The third kappa shape index (κ3) is 4.70. The summed E-state index contributed by atoms with van der Waals surface area (Å²) in [6.45, 7) is 7.93. The molecule has 0 amide bonds. The number of piperazine rings is 1. The zero-order valence-corrected chi connectivity index (χ0v) is 21.7. The number of nitrogens with zero attached hydrogens (tertiary/aromatic N) is 6. The number of hydrogen-bond acceptors (Lipinski definition) is 6. The van der Waals surface area contributed by atoms with Crippen molar-refractivity contribution in [2.45, 2.75) is 26.4 Å². The van der Waals surface area contributed by atoms with Crippen LogP contribution in [0.15, 0.2) is 83.7 Å². The quantitative estimate of drug-likeness (QED) is 0.374. The summed E-state index contributed by atoms with van der Waals surface area (Å²) < 4.78 is 1.83. The Labute approximate surface area is 221 Å². The maximum absolute atomic E-state index is 13.6. The Hall–Kier alpha value is -4.30. The number of pyridine rings is 1. The number of para-hydroxylation sites is 1. The molecule has 3 aromatic carbocycles. The van der Waals surface area contributed by atoms with Crippen LogP contribution in [0.4, 0.5) is 5.69 Å². The highest BCUT2D eigenvalue weighted by molar-refractivity contribution is 5.83. The van der Waals surface area contributed by atoms with E-state index in [1.165, 1.54) is 5.69 Å². The molecule has 3 heterocycles. The minimum atomic E-state index is -0.375. The molecule has 8 nitrogen and oxygen atoms in total. The summed E-state index contributed by atoms with van der Waals surface area (Å²) >= 11 is 0. The van der Waals surface area contributed by atoms with Crippen LogP contribution >= 0.6 is 0 Å². The Balaban J connectivity index is 1.41. The topological polar surface area (TPSA) is 82.9 Å². The first-order chi connectivity index (χ1) is 18.6. The summed E-state index contributed by atoms with van der Waals surface area (Å²) in [5, 5.41) is 13.9. The Morgan fingerprint density at radius 3 is 2.34 bits per heavy atom. The van der Waals surface area contributed by atoms with Gasteiger partial charge in [-0.25, -0.2) is 4.68 Å². The maximum atomic E-state index is 13.6. The molecule has 1 unspecified atom stereocenters. The lowest BCUT2D eigenvalue weighted by molar-refractivity contribution is 0.200. The molecule has 1 fully saturated rings. The van der Waals surface area contributed by atoms with Gasteiger partial charge < -0.3 is 9.88 Å². The first-order valence-corrected chi connectivity index (χ1v) is 13.0. The number of aromatic amines is 1. The molecule has 1 aliphatic rings. The molecular weight excluding hydrogens is 474 g/mol. The first kappa shape index (κ1) is 24.1. The number of aryl methyl sites for hydroxylation is 2. The second-order valence-corrected chi connectivity index (χ2v) is 10.0. The molecule has 8 heteroatoms. The van der Waals surface area contributed by atoms with Crippen molar-refractivity contribution in [3.63, 3.8) is 0 Å². The van der Waals surface area contributed by atoms with Gasteiger partial charge in [0, 0.05) is 48.3 Å². The van der Waals surface area contributed by atoms with Crippen molar-refractivity contribution in [3.8, 4) is 0 Å². The second kappa shape index (κ2) is 10.2. The molecule has 0 aliphatic carbocycles. The van der Waals surface area contributed by atoms with Crippen LogP contribution in [0.2, 0.25) is 0 Å². The predicted molar refractivity (Wildman–Crippen MR) is 149 cm³/mol. The zero-order valence-electron chi connectivity index (χ0n) is 21.7. The molecule has 0 radical (unpaired) electrons. The lowest BCUT2D eigenvalue weighted by Crippen LogP contribution is -2.49. The van der Waals surface area contributed by atoms with Gasteiger partial charge >= 0.3 is 0 Å². The molecule has 0 bridgehead atoms. The van der Waals surface area contributed by atoms with Crippen molar-refractivity contribution >= 4 is 16.6 Å². The van der Waals surface area contributed by atoms with E-state index in [1.54, 1.807) is 0 Å². The van der Waals surface area contributed by atoms with Crippen LogP contribution in [0.3, 0.4) is 0 Å². The highest BCUT2D eigenvalue weighted by atomic mass is 16.1. The van der Waals surface area contributed by atoms with Crippen LogP contribution in [0.1, 0.15) is 34.1 Å². The van der Waals surface area contributed by atoms with Crippen molar-refractivity contribution in [1.82, 2.24) is 30.1 Å². The number of H-pyrrole nitrogens is 1. The van der Waals surface area contributed by atoms with Crippen molar-refractivity contribution in [2.75, 3.05) is 31.1 Å². The van der Waals surface area contributed by atoms with Gasteiger partial charge in [-0.1, -0.05) is 54.6 Å². The molecule has 1 aliphatic heterocycles. The molecular formula is C30H31N7O. The van der Waals surface area contributed by atoms with Gasteiger partial charge in [0.15, 0.2) is 5.82 Å². The van der Waals surface area contributed by atoms with Crippen LogP contribution in [0, 0.1) is 13.8 Å². The molecule has 6 rings (SSSR count). The molecule has 0 spiro atoms. The number of nitrogens with one attached hydrogen (secondary N) is 1. The van der Waals surface area contributed by atoms with E-state index in [2.05, 4.69) is 79.7 Å². The van der Waals surface area contributed by atoms with Gasteiger partial charge in [0.2, 0.25) is 0 Å². The van der Waals surface area contributed by atoms with Gasteiger partial charge in [0.05, 0.1) is 6.54 Å². The summed E-state index contributed by atoms with van der Waals surface area (Å²) in [6.07, 6.45) is 0. The number of fused-ring (bicyclic) bond motifs is 1. The van der Waals surface area contributed by atoms with Crippen LogP contribution in [-0.2, 0) is 6.54 Å². The molecule has 5 aromatic rings. The monoisotopic (exact) mass is 505 g/mol. The van der Waals surface area contributed by atoms with Crippen molar-refractivity contribution in [2.24, 2.45) is 0 Å². The molecule has 1 atom stereocenters. The number of hydrogen-bond donors (Lipinski definition) is 1. The molecule has 2 aromatic heterocycles.